The molecule has 3 aromatic rings. The average Bonchev–Trinajstić information content (AvgIpc) is 2.80. The third-order valence-corrected chi connectivity index (χ3v) is 5.04. The highest BCUT2D eigenvalue weighted by atomic mass is 19.1. The van der Waals surface area contributed by atoms with Crippen LogP contribution < -0.4 is 10.2 Å². The highest BCUT2D eigenvalue weighted by Crippen LogP contribution is 2.18. The minimum atomic E-state index is -0.500. The Kier molecular flexibility index (Phi) is 5.70. The van der Waals surface area contributed by atoms with Crippen molar-refractivity contribution in [2.45, 2.75) is 0 Å². The lowest BCUT2D eigenvalue weighted by atomic mass is 10.1. The molecule has 30 heavy (non-hydrogen) atoms. The van der Waals surface area contributed by atoms with Crippen molar-refractivity contribution in [3.63, 3.8) is 0 Å². The van der Waals surface area contributed by atoms with E-state index in [1.54, 1.807) is 41.4 Å². The molecule has 7 heteroatoms. The standard InChI is InChI=1S/C23H21FN4O2/c24-20-9-5-4-8-19(20)23(30)28-14-12-27(13-15-28)21-11-10-18(16-25-21)26-22(29)17-6-2-1-3-7-17/h1-11,16H,12-15H2,(H,26,29). The van der Waals surface area contributed by atoms with Gasteiger partial charge in [-0.2, -0.15) is 0 Å². The number of aromatic nitrogens is 1. The highest BCUT2D eigenvalue weighted by Gasteiger charge is 2.24. The predicted molar refractivity (Wildman–Crippen MR) is 113 cm³/mol. The summed E-state index contributed by atoms with van der Waals surface area (Å²) in [6, 6.07) is 18.7. The van der Waals surface area contributed by atoms with Crippen LogP contribution in [0.4, 0.5) is 15.9 Å². The van der Waals surface area contributed by atoms with Crippen molar-refractivity contribution in [3.05, 3.63) is 89.9 Å². The van der Waals surface area contributed by atoms with Crippen molar-refractivity contribution in [3.8, 4) is 0 Å². The van der Waals surface area contributed by atoms with E-state index in [4.69, 9.17) is 0 Å². The molecule has 1 saturated heterocycles. The molecule has 6 nitrogen and oxygen atoms in total. The van der Waals surface area contributed by atoms with Crippen LogP contribution in [0, 0.1) is 5.82 Å². The Hall–Kier alpha value is -3.74. The molecule has 1 aromatic heterocycles. The predicted octanol–water partition coefficient (Wildman–Crippen LogP) is 3.44. The zero-order chi connectivity index (χ0) is 20.9. The third kappa shape index (κ3) is 4.30. The number of piperazine rings is 1. The van der Waals surface area contributed by atoms with Gasteiger partial charge >= 0.3 is 0 Å². The molecular formula is C23H21FN4O2. The molecule has 1 N–H and O–H groups in total. The fourth-order valence-electron chi connectivity index (χ4n) is 3.38. The van der Waals surface area contributed by atoms with Gasteiger partial charge in [-0.05, 0) is 36.4 Å². The number of nitrogens with zero attached hydrogens (tertiary/aromatic N) is 3. The monoisotopic (exact) mass is 404 g/mol. The number of carbonyl (C=O) groups is 2. The van der Waals surface area contributed by atoms with Crippen molar-refractivity contribution in [1.82, 2.24) is 9.88 Å². The summed E-state index contributed by atoms with van der Waals surface area (Å²) in [5.74, 6) is -0.212. The minimum absolute atomic E-state index is 0.0996. The zero-order valence-corrected chi connectivity index (χ0v) is 16.3. The Labute approximate surface area is 174 Å². The van der Waals surface area contributed by atoms with Crippen LogP contribution in [0.2, 0.25) is 0 Å². The first-order valence-corrected chi connectivity index (χ1v) is 9.73. The summed E-state index contributed by atoms with van der Waals surface area (Å²) in [5, 5.41) is 2.83. The van der Waals surface area contributed by atoms with E-state index in [1.165, 1.54) is 12.1 Å². The van der Waals surface area contributed by atoms with E-state index in [0.717, 1.165) is 5.82 Å². The first-order valence-electron chi connectivity index (χ1n) is 9.73. The van der Waals surface area contributed by atoms with Gasteiger partial charge in [-0.3, -0.25) is 9.59 Å². The fraction of sp³-hybridized carbons (Fsp3) is 0.174. The minimum Gasteiger partial charge on any atom is -0.353 e. The number of benzene rings is 2. The fourth-order valence-corrected chi connectivity index (χ4v) is 3.38. The number of pyridine rings is 1. The zero-order valence-electron chi connectivity index (χ0n) is 16.3. The Morgan fingerprint density at radius 1 is 0.867 bits per heavy atom. The van der Waals surface area contributed by atoms with Gasteiger partial charge < -0.3 is 15.1 Å². The van der Waals surface area contributed by atoms with Crippen molar-refractivity contribution in [2.24, 2.45) is 0 Å². The Morgan fingerprint density at radius 3 is 2.23 bits per heavy atom. The SMILES string of the molecule is O=C(Nc1ccc(N2CCN(C(=O)c3ccccc3F)CC2)nc1)c1ccccc1. The molecule has 4 rings (SSSR count). The highest BCUT2D eigenvalue weighted by molar-refractivity contribution is 6.04. The van der Waals surface area contributed by atoms with E-state index in [-0.39, 0.29) is 17.4 Å². The number of halogens is 1. The molecule has 1 fully saturated rings. The summed E-state index contributed by atoms with van der Waals surface area (Å²) in [6.07, 6.45) is 1.62. The lowest BCUT2D eigenvalue weighted by molar-refractivity contribution is 0.0741. The molecule has 0 atom stereocenters. The van der Waals surface area contributed by atoms with Crippen molar-refractivity contribution in [2.75, 3.05) is 36.4 Å². The molecule has 0 unspecified atom stereocenters. The summed E-state index contributed by atoms with van der Waals surface area (Å²) in [7, 11) is 0. The Morgan fingerprint density at radius 2 is 1.57 bits per heavy atom. The molecular weight excluding hydrogens is 383 g/mol. The smallest absolute Gasteiger partial charge is 0.256 e. The summed E-state index contributed by atoms with van der Waals surface area (Å²) in [4.78, 5) is 32.9. The largest absolute Gasteiger partial charge is 0.353 e. The number of anilines is 2. The van der Waals surface area contributed by atoms with Gasteiger partial charge in [-0.15, -0.1) is 0 Å². The second kappa shape index (κ2) is 8.73. The van der Waals surface area contributed by atoms with Crippen LogP contribution in [0.25, 0.3) is 0 Å². The van der Waals surface area contributed by atoms with Crippen LogP contribution in [-0.2, 0) is 0 Å². The second-order valence-electron chi connectivity index (χ2n) is 6.98. The maximum Gasteiger partial charge on any atom is 0.256 e. The van der Waals surface area contributed by atoms with Gasteiger partial charge in [0.15, 0.2) is 0 Å². The quantitative estimate of drug-likeness (QED) is 0.724. The molecule has 1 aliphatic heterocycles. The molecule has 2 aromatic carbocycles. The van der Waals surface area contributed by atoms with E-state index in [9.17, 15) is 14.0 Å². The molecule has 0 spiro atoms. The number of nitrogens with one attached hydrogen (secondary N) is 1. The number of hydrogen-bond donors (Lipinski definition) is 1. The Balaban J connectivity index is 1.34. The van der Waals surface area contributed by atoms with E-state index < -0.39 is 5.82 Å². The van der Waals surface area contributed by atoms with Gasteiger partial charge in [0.05, 0.1) is 17.4 Å². The lowest BCUT2D eigenvalue weighted by Gasteiger charge is -2.35. The molecule has 1 aliphatic rings. The molecule has 2 amide bonds. The normalized spacial score (nSPS) is 13.8. The molecule has 0 bridgehead atoms. The van der Waals surface area contributed by atoms with Crippen LogP contribution in [0.3, 0.4) is 0 Å². The van der Waals surface area contributed by atoms with Gasteiger partial charge in [0, 0.05) is 31.7 Å². The number of rotatable bonds is 4. The van der Waals surface area contributed by atoms with Gasteiger partial charge in [0.1, 0.15) is 11.6 Å². The Bertz CT molecular complexity index is 1030. The first-order chi connectivity index (χ1) is 14.6. The van der Waals surface area contributed by atoms with Crippen molar-refractivity contribution in [1.29, 1.82) is 0 Å². The van der Waals surface area contributed by atoms with Gasteiger partial charge in [-0.25, -0.2) is 9.37 Å². The second-order valence-corrected chi connectivity index (χ2v) is 6.98. The maximum absolute atomic E-state index is 13.9. The topological polar surface area (TPSA) is 65.5 Å². The number of hydrogen-bond acceptors (Lipinski definition) is 4. The molecule has 0 saturated carbocycles. The molecule has 2 heterocycles. The van der Waals surface area contributed by atoms with Crippen molar-refractivity contribution >= 4 is 23.3 Å². The van der Waals surface area contributed by atoms with Gasteiger partial charge in [0.2, 0.25) is 0 Å². The van der Waals surface area contributed by atoms with Crippen LogP contribution in [0.5, 0.6) is 0 Å². The summed E-state index contributed by atoms with van der Waals surface area (Å²) in [6.45, 7) is 2.18. The maximum atomic E-state index is 13.9. The number of amides is 2. The van der Waals surface area contributed by atoms with Crippen LogP contribution >= 0.6 is 0 Å². The third-order valence-electron chi connectivity index (χ3n) is 5.04. The van der Waals surface area contributed by atoms with E-state index in [1.807, 2.05) is 24.3 Å². The van der Waals surface area contributed by atoms with Crippen LogP contribution in [0.1, 0.15) is 20.7 Å². The van der Waals surface area contributed by atoms with E-state index in [0.29, 0.717) is 37.4 Å². The number of carbonyl (C=O) groups excluding carboxylic acids is 2. The average molecular weight is 404 g/mol. The molecule has 152 valence electrons. The molecule has 0 aliphatic carbocycles. The lowest BCUT2D eigenvalue weighted by Crippen LogP contribution is -2.49. The van der Waals surface area contributed by atoms with Crippen LogP contribution in [-0.4, -0.2) is 47.9 Å². The first kappa shape index (κ1) is 19.6. The van der Waals surface area contributed by atoms with Crippen molar-refractivity contribution < 1.29 is 14.0 Å². The van der Waals surface area contributed by atoms with Gasteiger partial charge in [-0.1, -0.05) is 30.3 Å². The summed E-state index contributed by atoms with van der Waals surface area (Å²) in [5.41, 5.74) is 1.29. The van der Waals surface area contributed by atoms with E-state index in [2.05, 4.69) is 15.2 Å². The summed E-state index contributed by atoms with van der Waals surface area (Å²) >= 11 is 0. The molecule has 0 radical (unpaired) electrons. The van der Waals surface area contributed by atoms with Crippen LogP contribution in [0.15, 0.2) is 72.9 Å². The van der Waals surface area contributed by atoms with Gasteiger partial charge in [0.25, 0.3) is 11.8 Å². The van der Waals surface area contributed by atoms with E-state index >= 15 is 0 Å². The summed E-state index contributed by atoms with van der Waals surface area (Å²) < 4.78 is 13.9.